The fraction of sp³-hybridized carbons (Fsp3) is 0.700. The van der Waals surface area contributed by atoms with E-state index >= 15 is 0 Å². The number of methoxy groups -OCH3 is 1. The number of thiazole rings is 1. The van der Waals surface area contributed by atoms with Crippen LogP contribution in [-0.2, 0) is 23.3 Å². The van der Waals surface area contributed by atoms with Gasteiger partial charge in [-0.15, -0.1) is 11.3 Å². The highest BCUT2D eigenvalue weighted by Crippen LogP contribution is 2.29. The molecule has 3 nitrogen and oxygen atoms in total. The zero-order valence-electron chi connectivity index (χ0n) is 9.26. The van der Waals surface area contributed by atoms with Crippen molar-refractivity contribution in [2.45, 2.75) is 39.3 Å². The van der Waals surface area contributed by atoms with Crippen LogP contribution in [0.25, 0.3) is 0 Å². The Morgan fingerprint density at radius 2 is 2.07 bits per heavy atom. The molecule has 80 valence electrons. The average molecular weight is 214 g/mol. The summed E-state index contributed by atoms with van der Waals surface area (Å²) in [5.74, 6) is 0. The Kier molecular flexibility index (Phi) is 3.64. The molecule has 1 heterocycles. The van der Waals surface area contributed by atoms with Crippen molar-refractivity contribution in [3.05, 3.63) is 15.6 Å². The van der Waals surface area contributed by atoms with E-state index in [4.69, 9.17) is 10.5 Å². The van der Waals surface area contributed by atoms with Crippen molar-refractivity contribution in [2.75, 3.05) is 7.11 Å². The lowest BCUT2D eigenvalue weighted by molar-refractivity contribution is 0.184. The molecular formula is C10H18N2OS. The Balaban J connectivity index is 3.02. The molecule has 0 unspecified atom stereocenters. The predicted octanol–water partition coefficient (Wildman–Crippen LogP) is 2.05. The number of nitrogens with zero attached hydrogens (tertiary/aromatic N) is 1. The molecule has 0 bridgehead atoms. The first-order valence-electron chi connectivity index (χ1n) is 4.67. The summed E-state index contributed by atoms with van der Waals surface area (Å²) in [7, 11) is 1.68. The van der Waals surface area contributed by atoms with E-state index in [-0.39, 0.29) is 5.41 Å². The molecule has 0 saturated carbocycles. The lowest BCUT2D eigenvalue weighted by Gasteiger charge is -2.16. The molecule has 0 aliphatic carbocycles. The van der Waals surface area contributed by atoms with Gasteiger partial charge >= 0.3 is 0 Å². The lowest BCUT2D eigenvalue weighted by atomic mass is 9.91. The minimum Gasteiger partial charge on any atom is -0.378 e. The molecule has 0 aliphatic heterocycles. The summed E-state index contributed by atoms with van der Waals surface area (Å²) in [4.78, 5) is 5.73. The second kappa shape index (κ2) is 4.38. The summed E-state index contributed by atoms with van der Waals surface area (Å²) < 4.78 is 5.06. The van der Waals surface area contributed by atoms with Crippen molar-refractivity contribution in [3.63, 3.8) is 0 Å². The summed E-state index contributed by atoms with van der Waals surface area (Å²) in [6.45, 7) is 7.59. The molecule has 0 aliphatic rings. The Hall–Kier alpha value is -0.450. The van der Waals surface area contributed by atoms with Gasteiger partial charge in [-0.2, -0.15) is 0 Å². The zero-order chi connectivity index (χ0) is 10.8. The Labute approximate surface area is 89.3 Å². The molecule has 0 aromatic carbocycles. The van der Waals surface area contributed by atoms with Gasteiger partial charge in [0.25, 0.3) is 0 Å². The van der Waals surface area contributed by atoms with Crippen LogP contribution >= 0.6 is 11.3 Å². The largest absolute Gasteiger partial charge is 0.378 e. The highest BCUT2D eigenvalue weighted by atomic mass is 32.1. The van der Waals surface area contributed by atoms with Crippen molar-refractivity contribution in [3.8, 4) is 0 Å². The minimum atomic E-state index is 0.0667. The average Bonchev–Trinajstić information content (AvgIpc) is 2.47. The molecule has 0 fully saturated rings. The summed E-state index contributed by atoms with van der Waals surface area (Å²) in [5, 5.41) is 1.01. The number of hydrogen-bond acceptors (Lipinski definition) is 4. The summed E-state index contributed by atoms with van der Waals surface area (Å²) in [6, 6.07) is 0. The van der Waals surface area contributed by atoms with Gasteiger partial charge in [-0.25, -0.2) is 4.98 Å². The van der Waals surface area contributed by atoms with Gasteiger partial charge in [-0.1, -0.05) is 20.8 Å². The summed E-state index contributed by atoms with van der Waals surface area (Å²) in [6.07, 6.45) is 0. The standard InChI is InChI=1S/C10H18N2OS/c1-10(2,3)9-7(5-11)14-8(12-9)6-13-4/h5-6,11H2,1-4H3. The van der Waals surface area contributed by atoms with Crippen LogP contribution in [0.15, 0.2) is 0 Å². The van der Waals surface area contributed by atoms with E-state index in [1.54, 1.807) is 18.4 Å². The van der Waals surface area contributed by atoms with E-state index in [1.807, 2.05) is 0 Å². The monoisotopic (exact) mass is 214 g/mol. The molecule has 14 heavy (non-hydrogen) atoms. The topological polar surface area (TPSA) is 48.1 Å². The van der Waals surface area contributed by atoms with Crippen LogP contribution in [0.4, 0.5) is 0 Å². The lowest BCUT2D eigenvalue weighted by Crippen LogP contribution is -2.15. The van der Waals surface area contributed by atoms with E-state index < -0.39 is 0 Å². The second-order valence-electron chi connectivity index (χ2n) is 4.27. The van der Waals surface area contributed by atoms with Crippen molar-refractivity contribution in [1.29, 1.82) is 0 Å². The summed E-state index contributed by atoms with van der Waals surface area (Å²) >= 11 is 1.65. The highest BCUT2D eigenvalue weighted by Gasteiger charge is 2.22. The van der Waals surface area contributed by atoms with E-state index in [0.29, 0.717) is 13.2 Å². The van der Waals surface area contributed by atoms with Crippen molar-refractivity contribution in [2.24, 2.45) is 5.73 Å². The van der Waals surface area contributed by atoms with Gasteiger partial charge in [-0.3, -0.25) is 0 Å². The van der Waals surface area contributed by atoms with Gasteiger partial charge in [-0.05, 0) is 0 Å². The van der Waals surface area contributed by atoms with Crippen LogP contribution in [0.3, 0.4) is 0 Å². The fourth-order valence-corrected chi connectivity index (χ4v) is 2.44. The first-order valence-corrected chi connectivity index (χ1v) is 5.48. The van der Waals surface area contributed by atoms with Crippen LogP contribution < -0.4 is 5.73 Å². The minimum absolute atomic E-state index is 0.0667. The molecule has 4 heteroatoms. The quantitative estimate of drug-likeness (QED) is 0.837. The smallest absolute Gasteiger partial charge is 0.119 e. The summed E-state index contributed by atoms with van der Waals surface area (Å²) in [5.41, 5.74) is 6.86. The van der Waals surface area contributed by atoms with E-state index in [9.17, 15) is 0 Å². The van der Waals surface area contributed by atoms with Crippen LogP contribution in [0.2, 0.25) is 0 Å². The Bertz CT molecular complexity index is 302. The van der Waals surface area contributed by atoms with Gasteiger partial charge in [0.05, 0.1) is 12.3 Å². The molecular weight excluding hydrogens is 196 g/mol. The number of aromatic nitrogens is 1. The van der Waals surface area contributed by atoms with E-state index in [0.717, 1.165) is 10.7 Å². The van der Waals surface area contributed by atoms with Crippen LogP contribution in [0.5, 0.6) is 0 Å². The number of nitrogens with two attached hydrogens (primary N) is 1. The van der Waals surface area contributed by atoms with Gasteiger partial charge in [0.1, 0.15) is 5.01 Å². The predicted molar refractivity (Wildman–Crippen MR) is 59.4 cm³/mol. The Morgan fingerprint density at radius 3 is 2.43 bits per heavy atom. The third kappa shape index (κ3) is 2.53. The third-order valence-corrected chi connectivity index (χ3v) is 2.96. The van der Waals surface area contributed by atoms with Crippen molar-refractivity contribution in [1.82, 2.24) is 4.98 Å². The van der Waals surface area contributed by atoms with Crippen LogP contribution in [0.1, 0.15) is 36.3 Å². The van der Waals surface area contributed by atoms with E-state index in [2.05, 4.69) is 25.8 Å². The second-order valence-corrected chi connectivity index (χ2v) is 5.43. The maximum Gasteiger partial charge on any atom is 0.119 e. The molecule has 1 rings (SSSR count). The van der Waals surface area contributed by atoms with Crippen molar-refractivity contribution < 1.29 is 4.74 Å². The SMILES string of the molecule is COCc1nc(C(C)(C)C)c(CN)s1. The van der Waals surface area contributed by atoms with Gasteiger partial charge in [0, 0.05) is 23.9 Å². The van der Waals surface area contributed by atoms with Crippen molar-refractivity contribution >= 4 is 11.3 Å². The molecule has 0 saturated heterocycles. The third-order valence-electron chi connectivity index (χ3n) is 1.91. The molecule has 1 aromatic rings. The molecule has 0 radical (unpaired) electrons. The highest BCUT2D eigenvalue weighted by molar-refractivity contribution is 7.11. The Morgan fingerprint density at radius 1 is 1.43 bits per heavy atom. The van der Waals surface area contributed by atoms with Gasteiger partial charge in [0.2, 0.25) is 0 Å². The maximum atomic E-state index is 5.69. The first kappa shape index (κ1) is 11.6. The van der Waals surface area contributed by atoms with Gasteiger partial charge in [0.15, 0.2) is 0 Å². The molecule has 0 amide bonds. The van der Waals surface area contributed by atoms with Crippen LogP contribution in [0, 0.1) is 0 Å². The molecule has 1 aromatic heterocycles. The number of hydrogen-bond donors (Lipinski definition) is 1. The number of rotatable bonds is 3. The van der Waals surface area contributed by atoms with E-state index in [1.165, 1.54) is 4.88 Å². The molecule has 0 spiro atoms. The molecule has 0 atom stereocenters. The normalized spacial score (nSPS) is 12.1. The fourth-order valence-electron chi connectivity index (χ4n) is 1.31. The zero-order valence-corrected chi connectivity index (χ0v) is 10.1. The molecule has 2 N–H and O–H groups in total. The maximum absolute atomic E-state index is 5.69. The first-order chi connectivity index (χ1) is 6.49. The van der Waals surface area contributed by atoms with Gasteiger partial charge < -0.3 is 10.5 Å². The number of ether oxygens (including phenoxy) is 1. The van der Waals surface area contributed by atoms with Crippen LogP contribution in [-0.4, -0.2) is 12.1 Å².